The SMILES string of the molecule is CCOC(CC)C(O)c1cccc(CC)c1. The summed E-state index contributed by atoms with van der Waals surface area (Å²) in [4.78, 5) is 0. The average molecular weight is 222 g/mol. The minimum Gasteiger partial charge on any atom is -0.386 e. The molecule has 1 N–H and O–H groups in total. The zero-order chi connectivity index (χ0) is 12.0. The molecule has 0 aliphatic carbocycles. The molecule has 0 aliphatic heterocycles. The Labute approximate surface area is 98.3 Å². The Balaban J connectivity index is 2.80. The van der Waals surface area contributed by atoms with Crippen molar-refractivity contribution in [1.29, 1.82) is 0 Å². The van der Waals surface area contributed by atoms with Gasteiger partial charge >= 0.3 is 0 Å². The van der Waals surface area contributed by atoms with Crippen molar-refractivity contribution in [3.63, 3.8) is 0 Å². The quantitative estimate of drug-likeness (QED) is 0.801. The summed E-state index contributed by atoms with van der Waals surface area (Å²) in [6.45, 7) is 6.75. The molecule has 0 saturated carbocycles. The Kier molecular flexibility index (Phi) is 5.50. The molecule has 0 amide bonds. The van der Waals surface area contributed by atoms with Crippen LogP contribution in [-0.2, 0) is 11.2 Å². The number of hydrogen-bond donors (Lipinski definition) is 1. The largest absolute Gasteiger partial charge is 0.386 e. The number of aliphatic hydroxyl groups is 1. The second kappa shape index (κ2) is 6.66. The predicted octanol–water partition coefficient (Wildman–Crippen LogP) is 3.10. The van der Waals surface area contributed by atoms with E-state index in [1.54, 1.807) is 0 Å². The smallest absolute Gasteiger partial charge is 0.105 e. The highest BCUT2D eigenvalue weighted by Gasteiger charge is 2.19. The van der Waals surface area contributed by atoms with Crippen LogP contribution in [0.1, 0.15) is 44.4 Å². The normalized spacial score (nSPS) is 14.8. The average Bonchev–Trinajstić information content (AvgIpc) is 2.35. The van der Waals surface area contributed by atoms with Gasteiger partial charge in [0, 0.05) is 6.61 Å². The molecule has 90 valence electrons. The molecule has 2 nitrogen and oxygen atoms in total. The molecule has 0 heterocycles. The van der Waals surface area contributed by atoms with Gasteiger partial charge in [-0.25, -0.2) is 0 Å². The molecule has 2 heteroatoms. The molecule has 0 bridgehead atoms. The lowest BCUT2D eigenvalue weighted by molar-refractivity contribution is -0.0356. The van der Waals surface area contributed by atoms with E-state index in [1.807, 2.05) is 26.0 Å². The maximum Gasteiger partial charge on any atom is 0.105 e. The lowest BCUT2D eigenvalue weighted by atomic mass is 10.00. The summed E-state index contributed by atoms with van der Waals surface area (Å²) < 4.78 is 5.53. The van der Waals surface area contributed by atoms with E-state index in [-0.39, 0.29) is 6.10 Å². The molecule has 1 aromatic carbocycles. The van der Waals surface area contributed by atoms with Crippen LogP contribution >= 0.6 is 0 Å². The molecule has 0 fully saturated rings. The van der Waals surface area contributed by atoms with Gasteiger partial charge < -0.3 is 9.84 Å². The number of aliphatic hydroxyl groups excluding tert-OH is 1. The van der Waals surface area contributed by atoms with Crippen LogP contribution in [0, 0.1) is 0 Å². The van der Waals surface area contributed by atoms with Gasteiger partial charge in [0.05, 0.1) is 6.10 Å². The van der Waals surface area contributed by atoms with E-state index >= 15 is 0 Å². The Morgan fingerprint density at radius 1 is 1.25 bits per heavy atom. The summed E-state index contributed by atoms with van der Waals surface area (Å²) >= 11 is 0. The van der Waals surface area contributed by atoms with Crippen LogP contribution in [0.25, 0.3) is 0 Å². The molecule has 0 aromatic heterocycles. The third kappa shape index (κ3) is 3.32. The fraction of sp³-hybridized carbons (Fsp3) is 0.571. The lowest BCUT2D eigenvalue weighted by Crippen LogP contribution is -2.21. The third-order valence-electron chi connectivity index (χ3n) is 2.84. The molecular formula is C14H22O2. The second-order valence-corrected chi connectivity index (χ2v) is 3.95. The van der Waals surface area contributed by atoms with E-state index in [0.29, 0.717) is 6.61 Å². The van der Waals surface area contributed by atoms with Crippen LogP contribution in [0.5, 0.6) is 0 Å². The third-order valence-corrected chi connectivity index (χ3v) is 2.84. The number of ether oxygens (including phenoxy) is 1. The maximum absolute atomic E-state index is 10.2. The molecule has 1 rings (SSSR count). The van der Waals surface area contributed by atoms with Crippen molar-refractivity contribution in [2.45, 2.75) is 45.8 Å². The Hall–Kier alpha value is -0.860. The van der Waals surface area contributed by atoms with Gasteiger partial charge in [0.15, 0.2) is 0 Å². The van der Waals surface area contributed by atoms with Crippen LogP contribution in [0.15, 0.2) is 24.3 Å². The Morgan fingerprint density at radius 3 is 2.56 bits per heavy atom. The topological polar surface area (TPSA) is 29.5 Å². The number of aryl methyl sites for hydroxylation is 1. The van der Waals surface area contributed by atoms with E-state index in [0.717, 1.165) is 18.4 Å². The van der Waals surface area contributed by atoms with Gasteiger partial charge in [-0.15, -0.1) is 0 Å². The first-order valence-electron chi connectivity index (χ1n) is 6.11. The monoisotopic (exact) mass is 222 g/mol. The predicted molar refractivity (Wildman–Crippen MR) is 66.5 cm³/mol. The van der Waals surface area contributed by atoms with Gasteiger partial charge in [0.25, 0.3) is 0 Å². The second-order valence-electron chi connectivity index (χ2n) is 3.95. The minimum absolute atomic E-state index is 0.0999. The van der Waals surface area contributed by atoms with Crippen molar-refractivity contribution in [2.75, 3.05) is 6.61 Å². The van der Waals surface area contributed by atoms with E-state index in [1.165, 1.54) is 5.56 Å². The number of hydrogen-bond acceptors (Lipinski definition) is 2. The van der Waals surface area contributed by atoms with Gasteiger partial charge in [-0.05, 0) is 30.9 Å². The van der Waals surface area contributed by atoms with Crippen LogP contribution in [0.4, 0.5) is 0 Å². The molecule has 0 radical (unpaired) electrons. The Morgan fingerprint density at radius 2 is 2.00 bits per heavy atom. The highest BCUT2D eigenvalue weighted by Crippen LogP contribution is 2.22. The van der Waals surface area contributed by atoms with Crippen LogP contribution in [0.2, 0.25) is 0 Å². The molecule has 2 unspecified atom stereocenters. The van der Waals surface area contributed by atoms with E-state index < -0.39 is 6.10 Å². The van der Waals surface area contributed by atoms with E-state index in [2.05, 4.69) is 19.1 Å². The summed E-state index contributed by atoms with van der Waals surface area (Å²) in [6, 6.07) is 8.10. The lowest BCUT2D eigenvalue weighted by Gasteiger charge is -2.22. The first-order valence-corrected chi connectivity index (χ1v) is 6.11. The van der Waals surface area contributed by atoms with Crippen molar-refractivity contribution < 1.29 is 9.84 Å². The minimum atomic E-state index is -0.517. The van der Waals surface area contributed by atoms with Crippen molar-refractivity contribution in [3.05, 3.63) is 35.4 Å². The van der Waals surface area contributed by atoms with Crippen molar-refractivity contribution >= 4 is 0 Å². The van der Waals surface area contributed by atoms with Crippen LogP contribution < -0.4 is 0 Å². The van der Waals surface area contributed by atoms with Gasteiger partial charge in [0.1, 0.15) is 6.10 Å². The molecular weight excluding hydrogens is 200 g/mol. The highest BCUT2D eigenvalue weighted by atomic mass is 16.5. The van der Waals surface area contributed by atoms with Gasteiger partial charge in [-0.3, -0.25) is 0 Å². The zero-order valence-electron chi connectivity index (χ0n) is 10.4. The fourth-order valence-electron chi connectivity index (χ4n) is 1.86. The zero-order valence-corrected chi connectivity index (χ0v) is 10.4. The highest BCUT2D eigenvalue weighted by molar-refractivity contribution is 5.25. The molecule has 16 heavy (non-hydrogen) atoms. The first kappa shape index (κ1) is 13.2. The molecule has 2 atom stereocenters. The summed E-state index contributed by atoms with van der Waals surface area (Å²) in [6.07, 6.45) is 1.20. The van der Waals surface area contributed by atoms with Crippen molar-refractivity contribution in [2.24, 2.45) is 0 Å². The molecule has 0 spiro atoms. The van der Waals surface area contributed by atoms with Gasteiger partial charge in [0.2, 0.25) is 0 Å². The van der Waals surface area contributed by atoms with Crippen molar-refractivity contribution in [3.8, 4) is 0 Å². The molecule has 0 aliphatic rings. The number of benzene rings is 1. The van der Waals surface area contributed by atoms with Crippen molar-refractivity contribution in [1.82, 2.24) is 0 Å². The first-order chi connectivity index (χ1) is 7.72. The van der Waals surface area contributed by atoms with E-state index in [9.17, 15) is 5.11 Å². The van der Waals surface area contributed by atoms with Crippen LogP contribution in [0.3, 0.4) is 0 Å². The molecule has 1 aromatic rings. The van der Waals surface area contributed by atoms with Crippen LogP contribution in [-0.4, -0.2) is 17.8 Å². The summed E-state index contributed by atoms with van der Waals surface area (Å²) in [7, 11) is 0. The maximum atomic E-state index is 10.2. The van der Waals surface area contributed by atoms with E-state index in [4.69, 9.17) is 4.74 Å². The molecule has 0 saturated heterocycles. The number of rotatable bonds is 6. The standard InChI is InChI=1S/C14H22O2/c1-4-11-8-7-9-12(10-11)14(15)13(5-2)16-6-3/h7-10,13-15H,4-6H2,1-3H3. The fourth-order valence-corrected chi connectivity index (χ4v) is 1.86. The Bertz CT molecular complexity index is 309. The summed E-state index contributed by atoms with van der Waals surface area (Å²) in [5.74, 6) is 0. The summed E-state index contributed by atoms with van der Waals surface area (Å²) in [5, 5.41) is 10.2. The summed E-state index contributed by atoms with van der Waals surface area (Å²) in [5.41, 5.74) is 2.21. The van der Waals surface area contributed by atoms with Gasteiger partial charge in [-0.2, -0.15) is 0 Å². The van der Waals surface area contributed by atoms with Gasteiger partial charge in [-0.1, -0.05) is 38.1 Å².